The molecule has 1 aliphatic rings. The van der Waals surface area contributed by atoms with Gasteiger partial charge >= 0.3 is 0 Å². The Hall–Kier alpha value is -2.42. The number of para-hydroxylation sites is 1. The molecule has 3 rings (SSSR count). The van der Waals surface area contributed by atoms with Crippen LogP contribution in [-0.4, -0.2) is 16.3 Å². The Labute approximate surface area is 112 Å². The Morgan fingerprint density at radius 1 is 1.00 bits per heavy atom. The topological polar surface area (TPSA) is 43.7 Å². The predicted octanol–water partition coefficient (Wildman–Crippen LogP) is 3.65. The highest BCUT2D eigenvalue weighted by Crippen LogP contribution is 2.40. The first-order valence-electron chi connectivity index (χ1n) is 6.25. The molecule has 1 aliphatic heterocycles. The average molecular weight is 253 g/mol. The number of nitrogens with zero attached hydrogens (tertiary/aromatic N) is 1. The lowest BCUT2D eigenvalue weighted by Gasteiger charge is -2.34. The van der Waals surface area contributed by atoms with Crippen LogP contribution in [0.2, 0.25) is 0 Å². The Balaban J connectivity index is 2.18. The van der Waals surface area contributed by atoms with Crippen LogP contribution in [0.15, 0.2) is 48.5 Å². The number of phenolic OH excluding ortho intramolecular Hbond substituents is 2. The number of fused-ring (bicyclic) bond motifs is 1. The van der Waals surface area contributed by atoms with E-state index in [1.165, 1.54) is 12.1 Å². The van der Waals surface area contributed by atoms with Crippen LogP contribution < -0.4 is 4.90 Å². The SMILES string of the molecule is CC1C=Cc2ccccc2N1c1cc(O)ccc1O. The van der Waals surface area contributed by atoms with Gasteiger partial charge in [-0.1, -0.05) is 30.4 Å². The zero-order valence-corrected chi connectivity index (χ0v) is 10.6. The molecule has 0 aliphatic carbocycles. The molecule has 0 amide bonds. The van der Waals surface area contributed by atoms with Gasteiger partial charge in [0, 0.05) is 17.8 Å². The third-order valence-corrected chi connectivity index (χ3v) is 3.38. The molecule has 0 fully saturated rings. The first-order chi connectivity index (χ1) is 9.16. The quantitative estimate of drug-likeness (QED) is 0.762. The number of aromatic hydroxyl groups is 2. The van der Waals surface area contributed by atoms with Crippen molar-refractivity contribution in [1.29, 1.82) is 0 Å². The van der Waals surface area contributed by atoms with Crippen molar-refractivity contribution in [2.24, 2.45) is 0 Å². The van der Waals surface area contributed by atoms with Crippen molar-refractivity contribution in [3.05, 3.63) is 54.1 Å². The summed E-state index contributed by atoms with van der Waals surface area (Å²) in [5, 5.41) is 19.7. The molecule has 0 radical (unpaired) electrons. The van der Waals surface area contributed by atoms with Gasteiger partial charge < -0.3 is 15.1 Å². The van der Waals surface area contributed by atoms with Crippen LogP contribution in [0.4, 0.5) is 11.4 Å². The number of anilines is 2. The minimum atomic E-state index is 0.114. The number of phenols is 2. The van der Waals surface area contributed by atoms with Crippen LogP contribution in [0.25, 0.3) is 6.08 Å². The van der Waals surface area contributed by atoms with E-state index in [2.05, 4.69) is 19.1 Å². The van der Waals surface area contributed by atoms with E-state index in [0.717, 1.165) is 11.3 Å². The molecule has 2 N–H and O–H groups in total. The van der Waals surface area contributed by atoms with Gasteiger partial charge in [-0.05, 0) is 30.7 Å². The van der Waals surface area contributed by atoms with Crippen LogP contribution in [0.5, 0.6) is 11.5 Å². The minimum absolute atomic E-state index is 0.114. The summed E-state index contributed by atoms with van der Waals surface area (Å²) in [6.07, 6.45) is 4.15. The lowest BCUT2D eigenvalue weighted by Crippen LogP contribution is -2.29. The molecule has 96 valence electrons. The second-order valence-electron chi connectivity index (χ2n) is 4.70. The normalized spacial score (nSPS) is 17.3. The molecule has 1 unspecified atom stereocenters. The molecule has 0 saturated heterocycles. The van der Waals surface area contributed by atoms with Gasteiger partial charge in [0.1, 0.15) is 11.5 Å². The summed E-state index contributed by atoms with van der Waals surface area (Å²) in [6, 6.07) is 12.7. The molecule has 2 aromatic rings. The first-order valence-corrected chi connectivity index (χ1v) is 6.25. The van der Waals surface area contributed by atoms with E-state index in [4.69, 9.17) is 0 Å². The molecular formula is C16H15NO2. The zero-order valence-electron chi connectivity index (χ0n) is 10.6. The molecule has 0 saturated carbocycles. The summed E-state index contributed by atoms with van der Waals surface area (Å²) in [6.45, 7) is 2.05. The molecule has 19 heavy (non-hydrogen) atoms. The maximum absolute atomic E-state index is 10.1. The van der Waals surface area contributed by atoms with E-state index in [-0.39, 0.29) is 17.5 Å². The van der Waals surface area contributed by atoms with E-state index >= 15 is 0 Å². The fourth-order valence-electron chi connectivity index (χ4n) is 2.45. The first kappa shape index (κ1) is 11.7. The lowest BCUT2D eigenvalue weighted by atomic mass is 10.0. The zero-order chi connectivity index (χ0) is 13.4. The molecule has 2 aromatic carbocycles. The van der Waals surface area contributed by atoms with Crippen LogP contribution in [0.3, 0.4) is 0 Å². The van der Waals surface area contributed by atoms with Crippen molar-refractivity contribution in [2.75, 3.05) is 4.90 Å². The molecule has 0 aromatic heterocycles. The molecule has 1 atom stereocenters. The van der Waals surface area contributed by atoms with Gasteiger partial charge in [0.15, 0.2) is 0 Å². The summed E-state index contributed by atoms with van der Waals surface area (Å²) in [7, 11) is 0. The molecule has 1 heterocycles. The van der Waals surface area contributed by atoms with Gasteiger partial charge in [-0.2, -0.15) is 0 Å². The van der Waals surface area contributed by atoms with Crippen LogP contribution >= 0.6 is 0 Å². The van der Waals surface area contributed by atoms with E-state index in [9.17, 15) is 10.2 Å². The summed E-state index contributed by atoms with van der Waals surface area (Å²) >= 11 is 0. The maximum atomic E-state index is 10.1. The number of rotatable bonds is 1. The maximum Gasteiger partial charge on any atom is 0.139 e. The lowest BCUT2D eigenvalue weighted by molar-refractivity contribution is 0.460. The highest BCUT2D eigenvalue weighted by atomic mass is 16.3. The predicted molar refractivity (Wildman–Crippen MR) is 76.8 cm³/mol. The van der Waals surface area contributed by atoms with Gasteiger partial charge in [0.2, 0.25) is 0 Å². The summed E-state index contributed by atoms with van der Waals surface area (Å²) in [5.74, 6) is 0.307. The van der Waals surface area contributed by atoms with Gasteiger partial charge in [0.05, 0.1) is 5.69 Å². The van der Waals surface area contributed by atoms with Crippen molar-refractivity contribution in [1.82, 2.24) is 0 Å². The van der Waals surface area contributed by atoms with Crippen molar-refractivity contribution in [3.63, 3.8) is 0 Å². The highest BCUT2D eigenvalue weighted by Gasteiger charge is 2.22. The number of hydrogen-bond donors (Lipinski definition) is 2. The highest BCUT2D eigenvalue weighted by molar-refractivity contribution is 5.81. The van der Waals surface area contributed by atoms with Gasteiger partial charge in [-0.3, -0.25) is 0 Å². The molecule has 3 nitrogen and oxygen atoms in total. The number of benzene rings is 2. The van der Waals surface area contributed by atoms with Crippen molar-refractivity contribution >= 4 is 17.5 Å². The van der Waals surface area contributed by atoms with Gasteiger partial charge in [0.25, 0.3) is 0 Å². The van der Waals surface area contributed by atoms with Crippen LogP contribution in [0.1, 0.15) is 12.5 Å². The largest absolute Gasteiger partial charge is 0.508 e. The fraction of sp³-hybridized carbons (Fsp3) is 0.125. The van der Waals surface area contributed by atoms with Gasteiger partial charge in [-0.15, -0.1) is 0 Å². The molecular weight excluding hydrogens is 238 g/mol. The summed E-state index contributed by atoms with van der Waals surface area (Å²) in [4.78, 5) is 2.02. The van der Waals surface area contributed by atoms with E-state index < -0.39 is 0 Å². The van der Waals surface area contributed by atoms with Crippen molar-refractivity contribution < 1.29 is 10.2 Å². The smallest absolute Gasteiger partial charge is 0.139 e. The Bertz CT molecular complexity index is 649. The minimum Gasteiger partial charge on any atom is -0.508 e. The fourth-order valence-corrected chi connectivity index (χ4v) is 2.45. The van der Waals surface area contributed by atoms with E-state index in [0.29, 0.717) is 5.69 Å². The molecule has 3 heteroatoms. The van der Waals surface area contributed by atoms with Crippen molar-refractivity contribution in [3.8, 4) is 11.5 Å². The van der Waals surface area contributed by atoms with E-state index in [1.807, 2.05) is 29.2 Å². The second kappa shape index (κ2) is 4.35. The third-order valence-electron chi connectivity index (χ3n) is 3.38. The van der Waals surface area contributed by atoms with Crippen molar-refractivity contribution in [2.45, 2.75) is 13.0 Å². The molecule has 0 bridgehead atoms. The Kier molecular flexibility index (Phi) is 2.67. The summed E-state index contributed by atoms with van der Waals surface area (Å²) in [5.41, 5.74) is 2.74. The van der Waals surface area contributed by atoms with Crippen LogP contribution in [0, 0.1) is 0 Å². The number of hydrogen-bond acceptors (Lipinski definition) is 3. The standard InChI is InChI=1S/C16H15NO2/c1-11-6-7-12-4-2-3-5-14(12)17(11)15-10-13(18)8-9-16(15)19/h2-11,18-19H,1H3. The monoisotopic (exact) mass is 253 g/mol. The Morgan fingerprint density at radius 2 is 1.79 bits per heavy atom. The Morgan fingerprint density at radius 3 is 2.63 bits per heavy atom. The van der Waals surface area contributed by atoms with Gasteiger partial charge in [-0.25, -0.2) is 0 Å². The van der Waals surface area contributed by atoms with E-state index in [1.54, 1.807) is 6.07 Å². The van der Waals surface area contributed by atoms with Crippen LogP contribution in [-0.2, 0) is 0 Å². The molecule has 0 spiro atoms. The second-order valence-corrected chi connectivity index (χ2v) is 4.70. The summed E-state index contributed by atoms with van der Waals surface area (Å²) < 4.78 is 0. The average Bonchev–Trinajstić information content (AvgIpc) is 2.42. The third kappa shape index (κ3) is 1.93.